The van der Waals surface area contributed by atoms with E-state index >= 15 is 0 Å². The fraction of sp³-hybridized carbons (Fsp3) is 0.500. The molecule has 3 atom stereocenters. The Morgan fingerprint density at radius 1 is 1.21 bits per heavy atom. The summed E-state index contributed by atoms with van der Waals surface area (Å²) in [5, 5.41) is 21.5. The van der Waals surface area contributed by atoms with E-state index in [1.54, 1.807) is 12.4 Å². The van der Waals surface area contributed by atoms with Gasteiger partial charge in [-0.1, -0.05) is 45.0 Å². The predicted molar refractivity (Wildman–Crippen MR) is 112 cm³/mol. The van der Waals surface area contributed by atoms with Crippen molar-refractivity contribution in [2.75, 3.05) is 20.1 Å². The first-order valence-electron chi connectivity index (χ1n) is 10.4. The molecule has 0 amide bonds. The zero-order valence-corrected chi connectivity index (χ0v) is 17.6. The second-order valence-electron chi connectivity index (χ2n) is 9.51. The number of carbonyl (C=O) groups is 1. The number of likely N-dealkylation sites (tertiary alicyclic amines) is 1. The van der Waals surface area contributed by atoms with Gasteiger partial charge in [0.05, 0.1) is 5.92 Å². The number of aliphatic hydroxyl groups is 1. The first kappa shape index (κ1) is 20.0. The number of carboxylic acid groups (broad SMARTS) is 1. The van der Waals surface area contributed by atoms with E-state index in [9.17, 15) is 15.0 Å². The molecule has 1 aliphatic carbocycles. The molecular formula is C24H30N2O3. The lowest BCUT2D eigenvalue weighted by Gasteiger charge is -2.56. The van der Waals surface area contributed by atoms with Crippen molar-refractivity contribution in [1.29, 1.82) is 0 Å². The average molecular weight is 395 g/mol. The number of pyridine rings is 1. The van der Waals surface area contributed by atoms with Gasteiger partial charge >= 0.3 is 5.97 Å². The van der Waals surface area contributed by atoms with Crippen LogP contribution >= 0.6 is 0 Å². The van der Waals surface area contributed by atoms with Crippen LogP contribution < -0.4 is 0 Å². The van der Waals surface area contributed by atoms with Crippen LogP contribution in [0.2, 0.25) is 0 Å². The van der Waals surface area contributed by atoms with Gasteiger partial charge in [-0.2, -0.15) is 0 Å². The van der Waals surface area contributed by atoms with Gasteiger partial charge < -0.3 is 15.1 Å². The largest absolute Gasteiger partial charge is 0.481 e. The molecule has 2 fully saturated rings. The van der Waals surface area contributed by atoms with Gasteiger partial charge in [-0.3, -0.25) is 9.78 Å². The molecule has 0 spiro atoms. The molecule has 1 aromatic carbocycles. The molecule has 0 bridgehead atoms. The van der Waals surface area contributed by atoms with E-state index in [-0.39, 0.29) is 17.3 Å². The number of carboxylic acids is 1. The number of hydrogen-bond donors (Lipinski definition) is 2. The molecule has 5 nitrogen and oxygen atoms in total. The zero-order valence-electron chi connectivity index (χ0n) is 17.6. The van der Waals surface area contributed by atoms with Gasteiger partial charge in [-0.05, 0) is 48.1 Å². The molecule has 1 aromatic heterocycles. The SMILES string of the molecule is CC(C)c1ccc([C@](O)(c2cncc(C3CC3C(=O)O)c2)C2(C)CN(C)C2)cc1. The van der Waals surface area contributed by atoms with Gasteiger partial charge in [0.15, 0.2) is 0 Å². The summed E-state index contributed by atoms with van der Waals surface area (Å²) >= 11 is 0. The molecule has 2 aromatic rings. The van der Waals surface area contributed by atoms with E-state index in [1.165, 1.54) is 5.56 Å². The fourth-order valence-corrected chi connectivity index (χ4v) is 5.04. The topological polar surface area (TPSA) is 73.7 Å². The molecule has 1 saturated carbocycles. The van der Waals surface area contributed by atoms with Crippen LogP contribution in [-0.4, -0.2) is 46.2 Å². The molecule has 1 aliphatic heterocycles. The van der Waals surface area contributed by atoms with Crippen LogP contribution in [0.5, 0.6) is 0 Å². The molecule has 2 N–H and O–H groups in total. The third kappa shape index (κ3) is 3.26. The third-order valence-electron chi connectivity index (χ3n) is 6.82. The van der Waals surface area contributed by atoms with Crippen molar-refractivity contribution < 1.29 is 15.0 Å². The molecule has 2 heterocycles. The summed E-state index contributed by atoms with van der Waals surface area (Å²) < 4.78 is 0. The maximum atomic E-state index is 12.2. The van der Waals surface area contributed by atoms with E-state index in [2.05, 4.69) is 49.8 Å². The van der Waals surface area contributed by atoms with E-state index < -0.39 is 11.6 Å². The van der Waals surface area contributed by atoms with Gasteiger partial charge in [0.1, 0.15) is 5.60 Å². The highest BCUT2D eigenvalue weighted by molar-refractivity contribution is 5.75. The van der Waals surface area contributed by atoms with Gasteiger partial charge in [0.25, 0.3) is 0 Å². The van der Waals surface area contributed by atoms with Crippen LogP contribution in [0.4, 0.5) is 0 Å². The minimum atomic E-state index is -1.19. The fourth-order valence-electron chi connectivity index (χ4n) is 5.04. The highest BCUT2D eigenvalue weighted by Gasteiger charge is 2.55. The quantitative estimate of drug-likeness (QED) is 0.783. The summed E-state index contributed by atoms with van der Waals surface area (Å²) in [5.74, 6) is -0.678. The predicted octanol–water partition coefficient (Wildman–Crippen LogP) is 3.58. The van der Waals surface area contributed by atoms with Crippen LogP contribution in [0.15, 0.2) is 42.7 Å². The minimum Gasteiger partial charge on any atom is -0.481 e. The van der Waals surface area contributed by atoms with E-state index in [0.717, 1.165) is 29.8 Å². The first-order chi connectivity index (χ1) is 13.7. The van der Waals surface area contributed by atoms with Crippen LogP contribution in [-0.2, 0) is 10.4 Å². The molecule has 0 radical (unpaired) electrons. The Kier molecular flexibility index (Phi) is 4.79. The Morgan fingerprint density at radius 3 is 2.38 bits per heavy atom. The normalized spacial score (nSPS) is 25.3. The summed E-state index contributed by atoms with van der Waals surface area (Å²) in [6.07, 6.45) is 4.12. The molecule has 4 rings (SSSR count). The van der Waals surface area contributed by atoms with Crippen LogP contribution in [0.3, 0.4) is 0 Å². The second kappa shape index (κ2) is 6.92. The van der Waals surface area contributed by atoms with Crippen molar-refractivity contribution in [3.63, 3.8) is 0 Å². The minimum absolute atomic E-state index is 0.00983. The van der Waals surface area contributed by atoms with Crippen molar-refractivity contribution in [2.24, 2.45) is 11.3 Å². The summed E-state index contributed by atoms with van der Waals surface area (Å²) in [5.41, 5.74) is 2.22. The number of hydrogen-bond acceptors (Lipinski definition) is 4. The Labute approximate surface area is 172 Å². The van der Waals surface area contributed by atoms with Gasteiger partial charge in [0.2, 0.25) is 0 Å². The van der Waals surface area contributed by atoms with Gasteiger partial charge in [-0.25, -0.2) is 0 Å². The molecule has 1 saturated heterocycles. The van der Waals surface area contributed by atoms with Crippen LogP contribution in [0.1, 0.15) is 61.3 Å². The van der Waals surface area contributed by atoms with E-state index in [0.29, 0.717) is 12.3 Å². The maximum Gasteiger partial charge on any atom is 0.307 e. The summed E-state index contributed by atoms with van der Waals surface area (Å²) in [7, 11) is 2.06. The summed E-state index contributed by atoms with van der Waals surface area (Å²) in [6.45, 7) is 7.99. The van der Waals surface area contributed by atoms with Crippen molar-refractivity contribution in [1.82, 2.24) is 9.88 Å². The van der Waals surface area contributed by atoms with E-state index in [1.807, 2.05) is 18.2 Å². The standard InChI is InChI=1S/C24H30N2O3/c1-15(2)16-5-7-18(8-6-16)24(29,23(3)13-26(4)14-23)19-9-17(11-25-12-19)20-10-21(20)22(27)28/h5-9,11-12,15,20-21,29H,10,13-14H2,1-4H3,(H,27,28)/t20?,21?,24-/m0/s1. The number of aromatic nitrogens is 1. The Morgan fingerprint density at radius 2 is 1.86 bits per heavy atom. The van der Waals surface area contributed by atoms with Gasteiger partial charge in [-0.15, -0.1) is 0 Å². The summed E-state index contributed by atoms with van der Waals surface area (Å²) in [4.78, 5) is 17.9. The number of benzene rings is 1. The lowest BCUT2D eigenvalue weighted by molar-refractivity contribution is -0.138. The Bertz CT molecular complexity index is 918. The summed E-state index contributed by atoms with van der Waals surface area (Å²) in [6, 6.07) is 10.2. The van der Waals surface area contributed by atoms with Gasteiger partial charge in [0, 0.05) is 36.5 Å². The maximum absolute atomic E-state index is 12.2. The molecule has 2 unspecified atom stereocenters. The third-order valence-corrected chi connectivity index (χ3v) is 6.82. The molecular weight excluding hydrogens is 364 g/mol. The van der Waals surface area contributed by atoms with Crippen molar-refractivity contribution in [3.8, 4) is 0 Å². The molecule has 154 valence electrons. The Hall–Kier alpha value is -2.24. The number of rotatable bonds is 6. The molecule has 2 aliphatic rings. The smallest absolute Gasteiger partial charge is 0.307 e. The Balaban J connectivity index is 1.77. The van der Waals surface area contributed by atoms with Crippen molar-refractivity contribution >= 4 is 5.97 Å². The van der Waals surface area contributed by atoms with Crippen molar-refractivity contribution in [3.05, 3.63) is 65.0 Å². The van der Waals surface area contributed by atoms with Crippen LogP contribution in [0, 0.1) is 11.3 Å². The zero-order chi connectivity index (χ0) is 21.0. The van der Waals surface area contributed by atoms with Crippen LogP contribution in [0.25, 0.3) is 0 Å². The van der Waals surface area contributed by atoms with E-state index in [4.69, 9.17) is 0 Å². The second-order valence-corrected chi connectivity index (χ2v) is 9.51. The molecule has 5 heteroatoms. The number of nitrogens with zero attached hydrogens (tertiary/aromatic N) is 2. The number of aliphatic carboxylic acids is 1. The average Bonchev–Trinajstić information content (AvgIpc) is 3.47. The lowest BCUT2D eigenvalue weighted by Crippen LogP contribution is -2.63. The highest BCUT2D eigenvalue weighted by atomic mass is 16.4. The van der Waals surface area contributed by atoms with Crippen molar-refractivity contribution in [2.45, 2.75) is 44.6 Å². The highest BCUT2D eigenvalue weighted by Crippen LogP contribution is 2.52. The first-order valence-corrected chi connectivity index (χ1v) is 10.4. The molecule has 29 heavy (non-hydrogen) atoms. The lowest BCUT2D eigenvalue weighted by atomic mass is 9.62. The monoisotopic (exact) mass is 394 g/mol.